The van der Waals surface area contributed by atoms with Crippen LogP contribution >= 0.6 is 12.4 Å². The average Bonchev–Trinajstić information content (AvgIpc) is 3.14. The summed E-state index contributed by atoms with van der Waals surface area (Å²) in [6.45, 7) is 12.3. The van der Waals surface area contributed by atoms with Crippen molar-refractivity contribution in [3.63, 3.8) is 0 Å². The number of nitrogens with zero attached hydrogens (tertiary/aromatic N) is 6. The van der Waals surface area contributed by atoms with Crippen molar-refractivity contribution in [2.75, 3.05) is 26.2 Å². The van der Waals surface area contributed by atoms with E-state index in [9.17, 15) is 0 Å². The molecule has 0 unspecified atom stereocenters. The predicted octanol–water partition coefficient (Wildman–Crippen LogP) is 3.58. The lowest BCUT2D eigenvalue weighted by Gasteiger charge is -2.19. The van der Waals surface area contributed by atoms with E-state index in [0.717, 1.165) is 26.2 Å². The molecule has 0 aromatic rings. The first-order chi connectivity index (χ1) is 10.4. The van der Waals surface area contributed by atoms with Gasteiger partial charge in [-0.1, -0.05) is 0 Å². The van der Waals surface area contributed by atoms with Crippen molar-refractivity contribution in [2.45, 2.75) is 64.5 Å². The van der Waals surface area contributed by atoms with Gasteiger partial charge in [0.25, 0.3) is 0 Å². The largest absolute Gasteiger partial charge is 0.297 e. The number of hydrazone groups is 2. The molecule has 2 heterocycles. The summed E-state index contributed by atoms with van der Waals surface area (Å²) in [6, 6.07) is 0. The van der Waals surface area contributed by atoms with Gasteiger partial charge in [-0.15, -0.1) is 12.4 Å². The summed E-state index contributed by atoms with van der Waals surface area (Å²) >= 11 is 0. The van der Waals surface area contributed by atoms with Crippen LogP contribution in [0.2, 0.25) is 0 Å². The molecule has 6 nitrogen and oxygen atoms in total. The highest BCUT2D eigenvalue weighted by Gasteiger charge is 2.20. The van der Waals surface area contributed by atoms with Crippen LogP contribution in [0, 0.1) is 0 Å². The van der Waals surface area contributed by atoms with Crippen LogP contribution in [0.5, 0.6) is 0 Å². The highest BCUT2D eigenvalue weighted by atomic mass is 35.5. The zero-order chi connectivity index (χ0) is 16.1. The van der Waals surface area contributed by atoms with E-state index >= 15 is 0 Å². The Bertz CT molecular complexity index is 392. The standard InChI is InChI=1S/C16H30N6.ClH/c1-15(2,13-17-21-9-5-6-10-21)19-20-16(3,4)14-18-22-11-7-8-12-22;/h13-14H,5-12H2,1-4H3;1H/b17-13+,18-14+,20-19+;. The van der Waals surface area contributed by atoms with Gasteiger partial charge in [-0.3, -0.25) is 10.0 Å². The molecule has 132 valence electrons. The van der Waals surface area contributed by atoms with E-state index < -0.39 is 0 Å². The Labute approximate surface area is 146 Å². The summed E-state index contributed by atoms with van der Waals surface area (Å²) in [7, 11) is 0. The summed E-state index contributed by atoms with van der Waals surface area (Å²) in [5.41, 5.74) is -0.775. The van der Waals surface area contributed by atoms with Crippen molar-refractivity contribution < 1.29 is 0 Å². The molecule has 0 aromatic heterocycles. The molecule has 23 heavy (non-hydrogen) atoms. The molecule has 2 aliphatic heterocycles. The van der Waals surface area contributed by atoms with Crippen LogP contribution in [0.3, 0.4) is 0 Å². The number of halogens is 1. The van der Waals surface area contributed by atoms with E-state index in [-0.39, 0.29) is 23.5 Å². The van der Waals surface area contributed by atoms with Crippen molar-refractivity contribution in [3.05, 3.63) is 0 Å². The second kappa shape index (κ2) is 8.62. The average molecular weight is 343 g/mol. The maximum atomic E-state index is 4.52. The third-order valence-electron chi connectivity index (χ3n) is 3.80. The summed E-state index contributed by atoms with van der Waals surface area (Å²) in [4.78, 5) is 0. The molecule has 0 bridgehead atoms. The predicted molar refractivity (Wildman–Crippen MR) is 98.9 cm³/mol. The van der Waals surface area contributed by atoms with E-state index in [1.165, 1.54) is 25.7 Å². The number of hydrogen-bond donors (Lipinski definition) is 0. The summed E-state index contributed by atoms with van der Waals surface area (Å²) in [6.07, 6.45) is 8.74. The van der Waals surface area contributed by atoms with Gasteiger partial charge in [0.15, 0.2) is 0 Å². The second-order valence-corrected chi connectivity index (χ2v) is 7.32. The Morgan fingerprint density at radius 3 is 1.26 bits per heavy atom. The molecule has 0 amide bonds. The third-order valence-corrected chi connectivity index (χ3v) is 3.80. The molecule has 7 heteroatoms. The molecular formula is C16H31ClN6. The van der Waals surface area contributed by atoms with Gasteiger partial charge in [0.1, 0.15) is 11.1 Å². The first kappa shape index (κ1) is 19.9. The van der Waals surface area contributed by atoms with Crippen LogP contribution in [-0.4, -0.2) is 59.7 Å². The molecule has 0 radical (unpaired) electrons. The summed E-state index contributed by atoms with van der Waals surface area (Å²) in [5.74, 6) is 0. The van der Waals surface area contributed by atoms with Crippen molar-refractivity contribution >= 4 is 24.8 Å². The van der Waals surface area contributed by atoms with E-state index in [0.29, 0.717) is 0 Å². The minimum absolute atomic E-state index is 0. The van der Waals surface area contributed by atoms with Crippen LogP contribution in [0.4, 0.5) is 0 Å². The van der Waals surface area contributed by atoms with Gasteiger partial charge >= 0.3 is 0 Å². The monoisotopic (exact) mass is 342 g/mol. The minimum Gasteiger partial charge on any atom is -0.297 e. The lowest BCUT2D eigenvalue weighted by atomic mass is 10.1. The van der Waals surface area contributed by atoms with E-state index in [2.05, 4.69) is 30.4 Å². The Balaban J connectivity index is 0.00000264. The van der Waals surface area contributed by atoms with Crippen LogP contribution < -0.4 is 0 Å². The lowest BCUT2D eigenvalue weighted by Crippen LogP contribution is -2.26. The van der Waals surface area contributed by atoms with E-state index in [1.807, 2.05) is 40.1 Å². The van der Waals surface area contributed by atoms with Gasteiger partial charge in [-0.2, -0.15) is 20.4 Å². The van der Waals surface area contributed by atoms with Gasteiger partial charge in [-0.05, 0) is 53.4 Å². The highest BCUT2D eigenvalue weighted by Crippen LogP contribution is 2.15. The van der Waals surface area contributed by atoms with E-state index in [1.54, 1.807) is 0 Å². The van der Waals surface area contributed by atoms with Gasteiger partial charge in [-0.25, -0.2) is 0 Å². The third kappa shape index (κ3) is 7.29. The van der Waals surface area contributed by atoms with Gasteiger partial charge < -0.3 is 0 Å². The molecule has 2 fully saturated rings. The number of rotatable bonds is 6. The minimum atomic E-state index is -0.388. The quantitative estimate of drug-likeness (QED) is 0.547. The summed E-state index contributed by atoms with van der Waals surface area (Å²) in [5, 5.41) is 22.2. The maximum Gasteiger partial charge on any atom is 0.113 e. The van der Waals surface area contributed by atoms with Crippen LogP contribution in [0.15, 0.2) is 20.4 Å². The zero-order valence-electron chi connectivity index (χ0n) is 14.9. The van der Waals surface area contributed by atoms with Crippen molar-refractivity contribution in [1.82, 2.24) is 10.0 Å². The highest BCUT2D eigenvalue weighted by molar-refractivity contribution is 5.85. The molecule has 0 aliphatic carbocycles. The fourth-order valence-electron chi connectivity index (χ4n) is 2.39. The smallest absolute Gasteiger partial charge is 0.113 e. The van der Waals surface area contributed by atoms with Crippen LogP contribution in [-0.2, 0) is 0 Å². The SMILES string of the molecule is CC(C)(/C=N/N1CCCC1)/N=N/C(C)(C)/C=N/N1CCCC1.Cl. The van der Waals surface area contributed by atoms with Gasteiger partial charge in [0.2, 0.25) is 0 Å². The van der Waals surface area contributed by atoms with Gasteiger partial charge in [0, 0.05) is 26.2 Å². The first-order valence-corrected chi connectivity index (χ1v) is 8.41. The fraction of sp³-hybridized carbons (Fsp3) is 0.875. The first-order valence-electron chi connectivity index (χ1n) is 8.41. The molecule has 2 saturated heterocycles. The Hall–Kier alpha value is -1.17. The van der Waals surface area contributed by atoms with E-state index in [4.69, 9.17) is 0 Å². The van der Waals surface area contributed by atoms with Gasteiger partial charge in [0.05, 0.1) is 12.4 Å². The Kier molecular flexibility index (Phi) is 7.45. The van der Waals surface area contributed by atoms with Crippen LogP contribution in [0.1, 0.15) is 53.4 Å². The fourth-order valence-corrected chi connectivity index (χ4v) is 2.39. The molecule has 2 aliphatic rings. The van der Waals surface area contributed by atoms with Crippen LogP contribution in [0.25, 0.3) is 0 Å². The maximum absolute atomic E-state index is 4.52. The normalized spacial score (nSPS) is 20.3. The molecular weight excluding hydrogens is 312 g/mol. The zero-order valence-corrected chi connectivity index (χ0v) is 15.7. The lowest BCUT2D eigenvalue weighted by molar-refractivity contribution is 0.357. The Morgan fingerprint density at radius 1 is 0.652 bits per heavy atom. The van der Waals surface area contributed by atoms with Crippen molar-refractivity contribution in [1.29, 1.82) is 0 Å². The second-order valence-electron chi connectivity index (χ2n) is 7.32. The van der Waals surface area contributed by atoms with Crippen molar-refractivity contribution in [3.8, 4) is 0 Å². The number of hydrogen-bond acceptors (Lipinski definition) is 6. The number of azo groups is 1. The molecule has 0 atom stereocenters. The summed E-state index contributed by atoms with van der Waals surface area (Å²) < 4.78 is 0. The topological polar surface area (TPSA) is 55.9 Å². The molecule has 0 N–H and O–H groups in total. The Morgan fingerprint density at radius 2 is 0.957 bits per heavy atom. The molecule has 0 saturated carbocycles. The molecule has 2 rings (SSSR count). The molecule has 0 aromatic carbocycles. The van der Waals surface area contributed by atoms with Crippen molar-refractivity contribution in [2.24, 2.45) is 20.4 Å². The molecule has 0 spiro atoms.